The number of rotatable bonds is 7. The Balaban J connectivity index is 3.13. The maximum Gasteiger partial charge on any atom is 0.303 e. The first-order valence-corrected chi connectivity index (χ1v) is 4.25. The molecule has 12 heavy (non-hydrogen) atoms. The highest BCUT2D eigenvalue weighted by Gasteiger charge is 1.92. The zero-order valence-electron chi connectivity index (χ0n) is 7.33. The van der Waals surface area contributed by atoms with Crippen molar-refractivity contribution in [3.05, 3.63) is 24.8 Å². The van der Waals surface area contributed by atoms with Gasteiger partial charge < -0.3 is 5.11 Å². The number of hydrogen-bond donors (Lipinski definition) is 1. The zero-order valence-corrected chi connectivity index (χ0v) is 7.33. The van der Waals surface area contributed by atoms with E-state index in [4.69, 9.17) is 5.11 Å². The second kappa shape index (κ2) is 8.05. The van der Waals surface area contributed by atoms with Gasteiger partial charge in [0.25, 0.3) is 0 Å². The number of allylic oxidation sites excluding steroid dienone is 3. The van der Waals surface area contributed by atoms with Crippen molar-refractivity contribution in [2.75, 3.05) is 0 Å². The summed E-state index contributed by atoms with van der Waals surface area (Å²) in [5.74, 6) is -0.713. The van der Waals surface area contributed by atoms with E-state index >= 15 is 0 Å². The van der Waals surface area contributed by atoms with Gasteiger partial charge in [-0.1, -0.05) is 18.2 Å². The van der Waals surface area contributed by atoms with Gasteiger partial charge in [-0.2, -0.15) is 0 Å². The molecule has 2 nitrogen and oxygen atoms in total. The molecule has 0 heterocycles. The largest absolute Gasteiger partial charge is 0.481 e. The summed E-state index contributed by atoms with van der Waals surface area (Å²) in [4.78, 5) is 10.1. The van der Waals surface area contributed by atoms with E-state index in [1.165, 1.54) is 0 Å². The van der Waals surface area contributed by atoms with E-state index in [0.717, 1.165) is 25.7 Å². The Kier molecular flexibility index (Phi) is 7.35. The van der Waals surface area contributed by atoms with E-state index in [1.54, 1.807) is 0 Å². The minimum absolute atomic E-state index is 0.270. The van der Waals surface area contributed by atoms with E-state index in [0.29, 0.717) is 0 Å². The standard InChI is InChI=1S/C10H16O2/c1-2-3-4-5-6-7-8-9-10(11)12/h2,5-6H,1,3-4,7-9H2,(H,11,12)/b6-5+. The van der Waals surface area contributed by atoms with Crippen molar-refractivity contribution in [1.82, 2.24) is 0 Å². The molecule has 0 aliphatic heterocycles. The van der Waals surface area contributed by atoms with Gasteiger partial charge in [0.1, 0.15) is 0 Å². The Labute approximate surface area is 73.6 Å². The molecule has 0 aliphatic carbocycles. The molecule has 0 atom stereocenters. The second-order valence-corrected chi connectivity index (χ2v) is 2.62. The fourth-order valence-electron chi connectivity index (χ4n) is 0.821. The first-order chi connectivity index (χ1) is 5.77. The summed E-state index contributed by atoms with van der Waals surface area (Å²) >= 11 is 0. The molecule has 0 aromatic rings. The van der Waals surface area contributed by atoms with Gasteiger partial charge in [-0.3, -0.25) is 4.79 Å². The Morgan fingerprint density at radius 1 is 1.25 bits per heavy atom. The maximum atomic E-state index is 10.1. The Bertz CT molecular complexity index is 159. The molecule has 1 N–H and O–H groups in total. The summed E-state index contributed by atoms with van der Waals surface area (Å²) in [6, 6.07) is 0. The van der Waals surface area contributed by atoms with Crippen LogP contribution in [0.25, 0.3) is 0 Å². The van der Waals surface area contributed by atoms with Gasteiger partial charge in [-0.25, -0.2) is 0 Å². The van der Waals surface area contributed by atoms with Crippen molar-refractivity contribution in [1.29, 1.82) is 0 Å². The number of carboxylic acids is 1. The van der Waals surface area contributed by atoms with Crippen molar-refractivity contribution in [2.24, 2.45) is 0 Å². The molecule has 0 bridgehead atoms. The fourth-order valence-corrected chi connectivity index (χ4v) is 0.821. The third kappa shape index (κ3) is 8.95. The highest BCUT2D eigenvalue weighted by molar-refractivity contribution is 5.66. The molecule has 0 rings (SSSR count). The van der Waals surface area contributed by atoms with Crippen LogP contribution in [0.3, 0.4) is 0 Å². The number of hydrogen-bond acceptors (Lipinski definition) is 1. The van der Waals surface area contributed by atoms with Crippen molar-refractivity contribution >= 4 is 5.97 Å². The van der Waals surface area contributed by atoms with Crippen molar-refractivity contribution in [2.45, 2.75) is 32.1 Å². The quantitative estimate of drug-likeness (QED) is 0.469. The number of aliphatic carboxylic acids is 1. The van der Waals surface area contributed by atoms with Crippen LogP contribution in [0.2, 0.25) is 0 Å². The van der Waals surface area contributed by atoms with E-state index in [2.05, 4.69) is 12.7 Å². The first-order valence-electron chi connectivity index (χ1n) is 4.25. The second-order valence-electron chi connectivity index (χ2n) is 2.62. The Morgan fingerprint density at radius 3 is 2.50 bits per heavy atom. The minimum atomic E-state index is -0.713. The highest BCUT2D eigenvalue weighted by Crippen LogP contribution is 1.98. The van der Waals surface area contributed by atoms with Crippen LogP contribution in [0.1, 0.15) is 32.1 Å². The van der Waals surface area contributed by atoms with Crippen molar-refractivity contribution in [3.63, 3.8) is 0 Å². The lowest BCUT2D eigenvalue weighted by atomic mass is 10.2. The van der Waals surface area contributed by atoms with Crippen LogP contribution in [0.5, 0.6) is 0 Å². The van der Waals surface area contributed by atoms with Crippen LogP contribution in [0.4, 0.5) is 0 Å². The van der Waals surface area contributed by atoms with E-state index in [1.807, 2.05) is 12.2 Å². The number of carbonyl (C=O) groups is 1. The van der Waals surface area contributed by atoms with Crippen molar-refractivity contribution < 1.29 is 9.90 Å². The van der Waals surface area contributed by atoms with Crippen LogP contribution in [-0.4, -0.2) is 11.1 Å². The third-order valence-corrected chi connectivity index (χ3v) is 1.47. The van der Waals surface area contributed by atoms with Gasteiger partial charge in [-0.15, -0.1) is 6.58 Å². The first kappa shape index (κ1) is 11.0. The molecule has 0 amide bonds. The van der Waals surface area contributed by atoms with Gasteiger partial charge in [0.15, 0.2) is 0 Å². The van der Waals surface area contributed by atoms with Gasteiger partial charge in [-0.05, 0) is 25.7 Å². The fraction of sp³-hybridized carbons (Fsp3) is 0.500. The molecule has 0 aliphatic rings. The normalized spacial score (nSPS) is 10.3. The SMILES string of the molecule is C=CCC/C=C/CCCC(=O)O. The molecule has 0 fully saturated rings. The molecule has 68 valence electrons. The average molecular weight is 168 g/mol. The Hall–Kier alpha value is -1.05. The summed E-state index contributed by atoms with van der Waals surface area (Å²) in [6.07, 6.45) is 9.86. The predicted molar refractivity (Wildman–Crippen MR) is 50.1 cm³/mol. The Morgan fingerprint density at radius 2 is 1.92 bits per heavy atom. The highest BCUT2D eigenvalue weighted by atomic mass is 16.4. The molecular weight excluding hydrogens is 152 g/mol. The molecule has 2 heteroatoms. The molecule has 0 aromatic carbocycles. The predicted octanol–water partition coefficient (Wildman–Crippen LogP) is 2.76. The summed E-state index contributed by atoms with van der Waals surface area (Å²) in [7, 11) is 0. The number of unbranched alkanes of at least 4 members (excludes halogenated alkanes) is 2. The molecule has 0 saturated carbocycles. The van der Waals surface area contributed by atoms with E-state index in [-0.39, 0.29) is 6.42 Å². The third-order valence-electron chi connectivity index (χ3n) is 1.47. The van der Waals surface area contributed by atoms with Crippen LogP contribution < -0.4 is 0 Å². The number of carboxylic acid groups (broad SMARTS) is 1. The molecule has 0 spiro atoms. The molecular formula is C10H16O2. The van der Waals surface area contributed by atoms with Gasteiger partial charge >= 0.3 is 5.97 Å². The van der Waals surface area contributed by atoms with Crippen LogP contribution >= 0.6 is 0 Å². The summed E-state index contributed by atoms with van der Waals surface area (Å²) in [5.41, 5.74) is 0. The van der Waals surface area contributed by atoms with Gasteiger partial charge in [0.05, 0.1) is 0 Å². The molecule has 0 unspecified atom stereocenters. The summed E-state index contributed by atoms with van der Waals surface area (Å²) < 4.78 is 0. The maximum absolute atomic E-state index is 10.1. The van der Waals surface area contributed by atoms with Crippen LogP contribution in [-0.2, 0) is 4.79 Å². The summed E-state index contributed by atoms with van der Waals surface area (Å²) in [5, 5.41) is 8.32. The van der Waals surface area contributed by atoms with E-state index in [9.17, 15) is 4.79 Å². The average Bonchev–Trinajstić information content (AvgIpc) is 2.02. The topological polar surface area (TPSA) is 37.3 Å². The molecule has 0 aromatic heterocycles. The van der Waals surface area contributed by atoms with Crippen LogP contribution in [0, 0.1) is 0 Å². The smallest absolute Gasteiger partial charge is 0.303 e. The van der Waals surface area contributed by atoms with Gasteiger partial charge in [0.2, 0.25) is 0 Å². The summed E-state index contributed by atoms with van der Waals surface area (Å²) in [6.45, 7) is 3.61. The van der Waals surface area contributed by atoms with E-state index < -0.39 is 5.97 Å². The van der Waals surface area contributed by atoms with Crippen molar-refractivity contribution in [3.8, 4) is 0 Å². The van der Waals surface area contributed by atoms with Gasteiger partial charge in [0, 0.05) is 6.42 Å². The lowest BCUT2D eigenvalue weighted by molar-refractivity contribution is -0.137. The lowest BCUT2D eigenvalue weighted by Gasteiger charge is -1.90. The minimum Gasteiger partial charge on any atom is -0.481 e. The monoisotopic (exact) mass is 168 g/mol. The van der Waals surface area contributed by atoms with Crippen LogP contribution in [0.15, 0.2) is 24.8 Å². The molecule has 0 saturated heterocycles. The zero-order chi connectivity index (χ0) is 9.23. The lowest BCUT2D eigenvalue weighted by Crippen LogP contribution is -1.92. The molecule has 0 radical (unpaired) electrons.